The number of rotatable bonds is 6. The maximum Gasteiger partial charge on any atom is 0.313 e. The van der Waals surface area contributed by atoms with Crippen molar-refractivity contribution in [3.63, 3.8) is 0 Å². The molecule has 1 heterocycles. The number of amides is 1. The molecule has 0 spiro atoms. The smallest absolute Gasteiger partial charge is 0.313 e. The van der Waals surface area contributed by atoms with Gasteiger partial charge in [-0.25, -0.2) is 0 Å². The second-order valence-corrected chi connectivity index (χ2v) is 4.58. The van der Waals surface area contributed by atoms with E-state index in [1.54, 1.807) is 0 Å². The number of hydrogen-bond donors (Lipinski definition) is 3. The van der Waals surface area contributed by atoms with E-state index in [0.29, 0.717) is 18.2 Å². The molecule has 1 rings (SSSR count). The number of esters is 1. The number of hydrogen-bond acceptors (Lipinski definition) is 6. The van der Waals surface area contributed by atoms with Crippen molar-refractivity contribution >= 4 is 30.2 Å². The Bertz CT molecular complexity index is 449. The maximum atomic E-state index is 11.7. The normalized spacial score (nSPS) is 11.7. The molecule has 0 aliphatic heterocycles. The number of nitrogens with zero attached hydrogens (tertiary/aromatic N) is 2. The van der Waals surface area contributed by atoms with Crippen molar-refractivity contribution in [1.82, 2.24) is 15.2 Å². The van der Waals surface area contributed by atoms with Crippen LogP contribution < -0.4 is 11.1 Å². The number of H-pyrrole nitrogens is 1. The van der Waals surface area contributed by atoms with Gasteiger partial charge in [0, 0.05) is 0 Å². The van der Waals surface area contributed by atoms with Gasteiger partial charge in [-0.05, 0) is 12.3 Å². The zero-order valence-electron chi connectivity index (χ0n) is 11.7. The van der Waals surface area contributed by atoms with Crippen LogP contribution in [0.1, 0.15) is 26.1 Å². The van der Waals surface area contributed by atoms with E-state index in [-0.39, 0.29) is 30.7 Å². The monoisotopic (exact) mass is 305 g/mol. The predicted molar refractivity (Wildman–Crippen MR) is 75.4 cm³/mol. The van der Waals surface area contributed by atoms with Crippen LogP contribution in [0.15, 0.2) is 0 Å². The lowest BCUT2D eigenvalue weighted by atomic mass is 10.0. The average molecular weight is 306 g/mol. The van der Waals surface area contributed by atoms with Crippen LogP contribution in [0.25, 0.3) is 0 Å². The van der Waals surface area contributed by atoms with Crippen molar-refractivity contribution < 1.29 is 14.3 Å². The molecule has 0 radical (unpaired) electrons. The van der Waals surface area contributed by atoms with Gasteiger partial charge in [0.15, 0.2) is 0 Å². The Morgan fingerprint density at radius 3 is 2.65 bits per heavy atom. The highest BCUT2D eigenvalue weighted by Gasteiger charge is 2.17. The first-order valence-corrected chi connectivity index (χ1v) is 5.97. The summed E-state index contributed by atoms with van der Waals surface area (Å²) in [5.74, 6) is -0.0478. The Balaban J connectivity index is 0.00000361. The van der Waals surface area contributed by atoms with Gasteiger partial charge < -0.3 is 10.5 Å². The third-order valence-corrected chi connectivity index (χ3v) is 2.37. The molecule has 1 amide bonds. The Hall–Kier alpha value is -1.67. The SMILES string of the molecule is COC(=O)Cc1nc(NC(=O)[C@@H](N)CC(C)C)n[nH]1.Cl. The van der Waals surface area contributed by atoms with Crippen LogP contribution >= 0.6 is 12.4 Å². The van der Waals surface area contributed by atoms with Gasteiger partial charge in [-0.3, -0.25) is 20.0 Å². The quantitative estimate of drug-likeness (QED) is 0.648. The molecule has 1 atom stereocenters. The lowest BCUT2D eigenvalue weighted by molar-refractivity contribution is -0.139. The molecular formula is C11H20ClN5O3. The third kappa shape index (κ3) is 5.98. The average Bonchev–Trinajstić information content (AvgIpc) is 2.75. The zero-order valence-corrected chi connectivity index (χ0v) is 12.5. The van der Waals surface area contributed by atoms with Gasteiger partial charge in [0.2, 0.25) is 11.9 Å². The van der Waals surface area contributed by atoms with Gasteiger partial charge in [-0.1, -0.05) is 13.8 Å². The van der Waals surface area contributed by atoms with Crippen molar-refractivity contribution in [3.05, 3.63) is 5.82 Å². The van der Waals surface area contributed by atoms with Gasteiger partial charge in [-0.2, -0.15) is 4.98 Å². The summed E-state index contributed by atoms with van der Waals surface area (Å²) in [5, 5.41) is 8.80. The minimum Gasteiger partial charge on any atom is -0.469 e. The molecule has 4 N–H and O–H groups in total. The fraction of sp³-hybridized carbons (Fsp3) is 0.636. The Morgan fingerprint density at radius 2 is 2.10 bits per heavy atom. The molecule has 0 saturated carbocycles. The number of carbonyl (C=O) groups excluding carboxylic acids is 2. The molecule has 1 aromatic heterocycles. The van der Waals surface area contributed by atoms with Crippen molar-refractivity contribution in [1.29, 1.82) is 0 Å². The second kappa shape index (κ2) is 8.49. The molecule has 0 unspecified atom stereocenters. The minimum atomic E-state index is -0.609. The lowest BCUT2D eigenvalue weighted by Crippen LogP contribution is -2.36. The molecule has 0 saturated heterocycles. The topological polar surface area (TPSA) is 123 Å². The molecule has 9 heteroatoms. The number of methoxy groups -OCH3 is 1. The van der Waals surface area contributed by atoms with Crippen molar-refractivity contribution in [2.45, 2.75) is 32.7 Å². The minimum absolute atomic E-state index is 0. The number of ether oxygens (including phenoxy) is 1. The number of anilines is 1. The Morgan fingerprint density at radius 1 is 1.45 bits per heavy atom. The van der Waals surface area contributed by atoms with Crippen LogP contribution in [-0.4, -0.2) is 40.2 Å². The summed E-state index contributed by atoms with van der Waals surface area (Å²) in [6.07, 6.45) is 0.544. The maximum absolute atomic E-state index is 11.7. The van der Waals surface area contributed by atoms with E-state index in [4.69, 9.17) is 5.73 Å². The summed E-state index contributed by atoms with van der Waals surface area (Å²) in [7, 11) is 1.28. The fourth-order valence-electron chi connectivity index (χ4n) is 1.46. The number of aromatic nitrogens is 3. The van der Waals surface area contributed by atoms with E-state index >= 15 is 0 Å². The van der Waals surface area contributed by atoms with E-state index in [1.807, 2.05) is 13.8 Å². The lowest BCUT2D eigenvalue weighted by Gasteiger charge is -2.12. The number of nitrogens with two attached hydrogens (primary N) is 1. The highest BCUT2D eigenvalue weighted by atomic mass is 35.5. The number of nitrogens with one attached hydrogen (secondary N) is 2. The van der Waals surface area contributed by atoms with Gasteiger partial charge in [0.1, 0.15) is 12.2 Å². The molecule has 0 bridgehead atoms. The number of halogens is 1. The molecule has 8 nitrogen and oxygen atoms in total. The second-order valence-electron chi connectivity index (χ2n) is 4.58. The first kappa shape index (κ1) is 18.3. The van der Waals surface area contributed by atoms with Gasteiger partial charge in [0.05, 0.1) is 13.2 Å². The zero-order chi connectivity index (χ0) is 14.4. The van der Waals surface area contributed by atoms with E-state index in [9.17, 15) is 9.59 Å². The summed E-state index contributed by atoms with van der Waals surface area (Å²) in [5.41, 5.74) is 5.72. The Kier molecular flexibility index (Phi) is 7.78. The highest BCUT2D eigenvalue weighted by Crippen LogP contribution is 2.05. The van der Waals surface area contributed by atoms with E-state index < -0.39 is 12.0 Å². The van der Waals surface area contributed by atoms with Crippen molar-refractivity contribution in [2.24, 2.45) is 11.7 Å². The molecule has 1 aromatic rings. The highest BCUT2D eigenvalue weighted by molar-refractivity contribution is 5.93. The summed E-state index contributed by atoms with van der Waals surface area (Å²) < 4.78 is 4.49. The summed E-state index contributed by atoms with van der Waals surface area (Å²) >= 11 is 0. The van der Waals surface area contributed by atoms with Gasteiger partial charge in [-0.15, -0.1) is 17.5 Å². The van der Waals surface area contributed by atoms with Gasteiger partial charge >= 0.3 is 5.97 Å². The fourth-order valence-corrected chi connectivity index (χ4v) is 1.46. The molecule has 20 heavy (non-hydrogen) atoms. The van der Waals surface area contributed by atoms with E-state index in [0.717, 1.165) is 0 Å². The third-order valence-electron chi connectivity index (χ3n) is 2.37. The molecule has 0 aliphatic carbocycles. The molecular weight excluding hydrogens is 286 g/mol. The van der Waals surface area contributed by atoms with E-state index in [2.05, 4.69) is 25.2 Å². The van der Waals surface area contributed by atoms with Crippen molar-refractivity contribution in [2.75, 3.05) is 12.4 Å². The summed E-state index contributed by atoms with van der Waals surface area (Å²) in [6, 6.07) is -0.609. The van der Waals surface area contributed by atoms with Gasteiger partial charge in [0.25, 0.3) is 0 Å². The van der Waals surface area contributed by atoms with Crippen LogP contribution in [0.4, 0.5) is 5.95 Å². The molecule has 0 aliphatic rings. The Labute approximate surface area is 123 Å². The summed E-state index contributed by atoms with van der Waals surface area (Å²) in [6.45, 7) is 3.96. The first-order valence-electron chi connectivity index (χ1n) is 5.97. The predicted octanol–water partition coefficient (Wildman–Crippen LogP) is 0.254. The number of aromatic amines is 1. The van der Waals surface area contributed by atoms with Crippen LogP contribution in [0.3, 0.4) is 0 Å². The van der Waals surface area contributed by atoms with E-state index in [1.165, 1.54) is 7.11 Å². The van der Waals surface area contributed by atoms with Crippen LogP contribution in [-0.2, 0) is 20.7 Å². The van der Waals surface area contributed by atoms with Crippen LogP contribution in [0.2, 0.25) is 0 Å². The van der Waals surface area contributed by atoms with Crippen LogP contribution in [0.5, 0.6) is 0 Å². The first-order chi connectivity index (χ1) is 8.92. The largest absolute Gasteiger partial charge is 0.469 e. The number of carbonyl (C=O) groups is 2. The van der Waals surface area contributed by atoms with Crippen LogP contribution in [0, 0.1) is 5.92 Å². The standard InChI is InChI=1S/C11H19N5O3.ClH/c1-6(2)4-7(12)10(18)14-11-13-8(15-16-11)5-9(17)19-3;/h6-7H,4-5,12H2,1-3H3,(H2,13,14,15,16,18);1H/t7-;/m0./s1. The van der Waals surface area contributed by atoms with Crippen molar-refractivity contribution in [3.8, 4) is 0 Å². The summed E-state index contributed by atoms with van der Waals surface area (Å²) in [4.78, 5) is 26.7. The molecule has 0 fully saturated rings. The molecule has 0 aromatic carbocycles. The molecule has 114 valence electrons.